The molecule has 3 N–H and O–H groups in total. The second kappa shape index (κ2) is 9.09. The van der Waals surface area contributed by atoms with E-state index < -0.39 is 11.7 Å². The lowest BCUT2D eigenvalue weighted by molar-refractivity contribution is -0.118. The summed E-state index contributed by atoms with van der Waals surface area (Å²) in [6, 6.07) is 1.96. The van der Waals surface area contributed by atoms with Crippen molar-refractivity contribution in [3.05, 3.63) is 29.2 Å². The van der Waals surface area contributed by atoms with Gasteiger partial charge in [-0.3, -0.25) is 9.69 Å². The maximum atomic E-state index is 15.4. The number of amides is 2. The number of hydrogen-bond donors (Lipinski definition) is 2. The van der Waals surface area contributed by atoms with E-state index in [1.54, 1.807) is 4.68 Å². The van der Waals surface area contributed by atoms with Gasteiger partial charge in [-0.1, -0.05) is 5.21 Å². The van der Waals surface area contributed by atoms with E-state index in [0.717, 1.165) is 37.2 Å². The Morgan fingerprint density at radius 3 is 2.90 bits per heavy atom. The van der Waals surface area contributed by atoms with Crippen molar-refractivity contribution < 1.29 is 23.5 Å². The standard InChI is InChI=1S/C25H28FN9O4/c26-20-16-8-14(7-15(16)9-17-21(20)35(6-3-27)32-31-17)11-33-4-1-25(2-5-33)13-34(24(37)39-25)18-10-28-23-22(29-18)30-19(36)12-38-23/h9-10,14H,1-8,11-13,27H2,(H,29,30,36). The van der Waals surface area contributed by atoms with Crippen molar-refractivity contribution in [2.45, 2.75) is 37.8 Å². The van der Waals surface area contributed by atoms with Gasteiger partial charge in [0.25, 0.3) is 11.8 Å². The van der Waals surface area contributed by atoms with Crippen LogP contribution in [0.15, 0.2) is 12.3 Å². The van der Waals surface area contributed by atoms with E-state index in [2.05, 4.69) is 30.5 Å². The van der Waals surface area contributed by atoms with Crippen molar-refractivity contribution in [2.75, 3.05) is 49.5 Å². The molecule has 1 aliphatic carbocycles. The summed E-state index contributed by atoms with van der Waals surface area (Å²) >= 11 is 0. The molecule has 1 atom stereocenters. The monoisotopic (exact) mass is 537 g/mol. The number of carbonyl (C=O) groups excluding carboxylic acids is 2. The summed E-state index contributed by atoms with van der Waals surface area (Å²) in [5.74, 6) is 0.489. The lowest BCUT2D eigenvalue weighted by Crippen LogP contribution is -2.48. The third-order valence-electron chi connectivity index (χ3n) is 8.13. The third kappa shape index (κ3) is 4.14. The first-order valence-electron chi connectivity index (χ1n) is 13.2. The predicted octanol–water partition coefficient (Wildman–Crippen LogP) is 0.856. The summed E-state index contributed by atoms with van der Waals surface area (Å²) < 4.78 is 28.1. The number of halogens is 1. The van der Waals surface area contributed by atoms with Crippen LogP contribution in [0.2, 0.25) is 0 Å². The van der Waals surface area contributed by atoms with E-state index in [1.165, 1.54) is 11.1 Å². The molecule has 4 aliphatic rings. The number of nitrogens with two attached hydrogens (primary N) is 1. The predicted molar refractivity (Wildman–Crippen MR) is 136 cm³/mol. The molecule has 204 valence electrons. The molecule has 2 amide bonds. The number of piperidine rings is 1. The average Bonchev–Trinajstić information content (AvgIpc) is 3.61. The Bertz CT molecular complexity index is 1490. The van der Waals surface area contributed by atoms with Crippen LogP contribution in [-0.4, -0.2) is 86.8 Å². The van der Waals surface area contributed by atoms with Crippen LogP contribution in [0.4, 0.5) is 20.8 Å². The van der Waals surface area contributed by atoms with Crippen molar-refractivity contribution in [3.8, 4) is 5.88 Å². The third-order valence-corrected chi connectivity index (χ3v) is 8.13. The fourth-order valence-electron chi connectivity index (χ4n) is 6.22. The number of anilines is 2. The number of hydrogen-bond acceptors (Lipinski definition) is 10. The first kappa shape index (κ1) is 24.2. The highest BCUT2D eigenvalue weighted by Crippen LogP contribution is 2.38. The van der Waals surface area contributed by atoms with Gasteiger partial charge in [-0.25, -0.2) is 23.8 Å². The van der Waals surface area contributed by atoms with Crippen LogP contribution in [0.1, 0.15) is 24.0 Å². The number of carbonyl (C=O) groups is 2. The zero-order valence-corrected chi connectivity index (χ0v) is 21.2. The smallest absolute Gasteiger partial charge is 0.416 e. The fraction of sp³-hybridized carbons (Fsp3) is 0.520. The zero-order valence-electron chi connectivity index (χ0n) is 21.2. The molecule has 3 aliphatic heterocycles. The van der Waals surface area contributed by atoms with Crippen LogP contribution in [0.3, 0.4) is 0 Å². The molecule has 0 radical (unpaired) electrons. The Morgan fingerprint density at radius 2 is 2.08 bits per heavy atom. The fourth-order valence-corrected chi connectivity index (χ4v) is 6.22. The average molecular weight is 538 g/mol. The molecule has 0 saturated carbocycles. The largest absolute Gasteiger partial charge is 0.465 e. The minimum absolute atomic E-state index is 0.115. The summed E-state index contributed by atoms with van der Waals surface area (Å²) in [6.07, 6.45) is 3.82. The minimum Gasteiger partial charge on any atom is -0.465 e. The maximum absolute atomic E-state index is 15.4. The summed E-state index contributed by atoms with van der Waals surface area (Å²) in [6.45, 7) is 3.43. The molecule has 3 aromatic rings. The minimum atomic E-state index is -0.603. The lowest BCUT2D eigenvalue weighted by atomic mass is 9.90. The number of benzene rings is 1. The number of rotatable bonds is 5. The van der Waals surface area contributed by atoms with E-state index in [1.807, 2.05) is 6.07 Å². The van der Waals surface area contributed by atoms with Crippen LogP contribution in [0.5, 0.6) is 5.88 Å². The highest BCUT2D eigenvalue weighted by molar-refractivity contribution is 5.94. The number of likely N-dealkylation sites (tertiary alicyclic amines) is 1. The van der Waals surface area contributed by atoms with Crippen LogP contribution in [0, 0.1) is 11.7 Å². The van der Waals surface area contributed by atoms with Gasteiger partial charge in [-0.2, -0.15) is 0 Å². The number of aromatic nitrogens is 5. The van der Waals surface area contributed by atoms with Gasteiger partial charge >= 0.3 is 6.09 Å². The maximum Gasteiger partial charge on any atom is 0.416 e. The van der Waals surface area contributed by atoms with Gasteiger partial charge in [0, 0.05) is 39.0 Å². The van der Waals surface area contributed by atoms with E-state index in [0.29, 0.717) is 61.7 Å². The van der Waals surface area contributed by atoms with Crippen LogP contribution in [0.25, 0.3) is 11.0 Å². The first-order chi connectivity index (χ1) is 18.9. The van der Waals surface area contributed by atoms with Crippen LogP contribution >= 0.6 is 0 Å². The number of nitrogens with one attached hydrogen (secondary N) is 1. The molecule has 5 heterocycles. The summed E-state index contributed by atoms with van der Waals surface area (Å²) in [5.41, 5.74) is 7.82. The molecule has 14 heteroatoms. The van der Waals surface area contributed by atoms with Gasteiger partial charge in [0.2, 0.25) is 0 Å². The Balaban J connectivity index is 0.989. The lowest BCUT2D eigenvalue weighted by Gasteiger charge is -2.38. The van der Waals surface area contributed by atoms with Gasteiger partial charge in [-0.15, -0.1) is 5.10 Å². The molecular formula is C25H28FN9O4. The Kier molecular flexibility index (Phi) is 5.63. The van der Waals surface area contributed by atoms with Crippen LogP contribution < -0.4 is 20.7 Å². The normalized spacial score (nSPS) is 22.1. The SMILES string of the molecule is NCCn1nnc2cc3c(c(F)c21)CC(CN1CCC2(CC1)CN(c1cnc4c(n1)NC(=O)CO4)C(=O)O2)C3. The quantitative estimate of drug-likeness (QED) is 0.479. The van der Waals surface area contributed by atoms with Crippen LogP contribution in [-0.2, 0) is 28.9 Å². The molecule has 1 unspecified atom stereocenters. The number of ether oxygens (including phenoxy) is 2. The number of nitrogens with zero attached hydrogens (tertiary/aromatic N) is 7. The molecule has 1 aromatic carbocycles. The van der Waals surface area contributed by atoms with E-state index in [-0.39, 0.29) is 30.0 Å². The Labute approximate surface area is 222 Å². The first-order valence-corrected chi connectivity index (χ1v) is 13.2. The van der Waals surface area contributed by atoms with E-state index in [4.69, 9.17) is 15.2 Å². The van der Waals surface area contributed by atoms with Crippen molar-refractivity contribution in [2.24, 2.45) is 11.7 Å². The molecule has 7 rings (SSSR count). The highest BCUT2D eigenvalue weighted by Gasteiger charge is 2.48. The number of fused-ring (bicyclic) bond motifs is 3. The molecule has 2 saturated heterocycles. The van der Waals surface area contributed by atoms with Gasteiger partial charge < -0.3 is 25.4 Å². The summed E-state index contributed by atoms with van der Waals surface area (Å²) in [4.78, 5) is 36.8. The Morgan fingerprint density at radius 1 is 1.23 bits per heavy atom. The van der Waals surface area contributed by atoms with Gasteiger partial charge in [0.05, 0.1) is 19.3 Å². The van der Waals surface area contributed by atoms with Gasteiger partial charge in [-0.05, 0) is 36.0 Å². The summed E-state index contributed by atoms with van der Waals surface area (Å²) in [7, 11) is 0. The van der Waals surface area contributed by atoms with Crippen molar-refractivity contribution in [1.82, 2.24) is 29.9 Å². The molecule has 1 spiro atoms. The van der Waals surface area contributed by atoms with E-state index >= 15 is 4.39 Å². The summed E-state index contributed by atoms with van der Waals surface area (Å²) in [5, 5.41) is 10.8. The van der Waals surface area contributed by atoms with Gasteiger partial charge in [0.1, 0.15) is 16.6 Å². The van der Waals surface area contributed by atoms with Crippen molar-refractivity contribution in [3.63, 3.8) is 0 Å². The topological polar surface area (TPSA) is 154 Å². The van der Waals surface area contributed by atoms with Crippen molar-refractivity contribution in [1.29, 1.82) is 0 Å². The second-order valence-corrected chi connectivity index (χ2v) is 10.7. The molecule has 13 nitrogen and oxygen atoms in total. The molecule has 2 aromatic heterocycles. The Hall–Kier alpha value is -3.91. The highest BCUT2D eigenvalue weighted by atomic mass is 19.1. The van der Waals surface area contributed by atoms with Crippen molar-refractivity contribution >= 4 is 34.7 Å². The second-order valence-electron chi connectivity index (χ2n) is 10.7. The molecule has 2 fully saturated rings. The van der Waals surface area contributed by atoms with E-state index in [9.17, 15) is 9.59 Å². The zero-order chi connectivity index (χ0) is 26.7. The molecule has 0 bridgehead atoms. The molecule has 39 heavy (non-hydrogen) atoms. The molecular weight excluding hydrogens is 509 g/mol. The van der Waals surface area contributed by atoms with Gasteiger partial charge in [0.15, 0.2) is 24.1 Å².